The van der Waals surface area contributed by atoms with E-state index in [1.54, 1.807) is 31.2 Å². The number of rotatable bonds is 9. The zero-order chi connectivity index (χ0) is 38.0. The third-order valence-corrected chi connectivity index (χ3v) is 14.2. The lowest BCUT2D eigenvalue weighted by atomic mass is 9.74. The summed E-state index contributed by atoms with van der Waals surface area (Å²) in [4.78, 5) is 41.3. The van der Waals surface area contributed by atoms with E-state index in [2.05, 4.69) is 58.4 Å². The molecule has 53 heavy (non-hydrogen) atoms. The summed E-state index contributed by atoms with van der Waals surface area (Å²) in [5.74, 6) is -1.78. The molecule has 3 N–H and O–H groups in total. The molecule has 2 bridgehead atoms. The van der Waals surface area contributed by atoms with Gasteiger partial charge in [0.1, 0.15) is 17.2 Å². The molecule has 2 saturated carbocycles. The normalized spacial score (nSPS) is 31.1. The summed E-state index contributed by atoms with van der Waals surface area (Å²) in [5.41, 5.74) is 0.230. The van der Waals surface area contributed by atoms with Crippen molar-refractivity contribution >= 4 is 39.3 Å². The van der Waals surface area contributed by atoms with Crippen LogP contribution < -0.4 is 15.4 Å². The van der Waals surface area contributed by atoms with Crippen molar-refractivity contribution in [2.45, 2.75) is 118 Å². The van der Waals surface area contributed by atoms with Crippen molar-refractivity contribution in [3.8, 4) is 11.1 Å². The molecule has 2 aromatic carbocycles. The summed E-state index contributed by atoms with van der Waals surface area (Å²) < 4.78 is 49.9. The second-order valence-corrected chi connectivity index (χ2v) is 19.5. The van der Waals surface area contributed by atoms with Crippen LogP contribution in [0.5, 0.6) is 0 Å². The number of alkyl carbamates (subject to hydrolysis) is 1. The molecule has 3 amide bonds. The minimum absolute atomic E-state index is 0.198. The smallest absolute Gasteiger partial charge is 0.411 e. The van der Waals surface area contributed by atoms with Gasteiger partial charge in [-0.3, -0.25) is 19.6 Å². The number of allylic oxidation sites excluding steroid dienone is 2. The maximum atomic E-state index is 14.8. The van der Waals surface area contributed by atoms with E-state index >= 15 is 0 Å². The SMILES string of the molecule is C=C[C@@H]1C[C@]1(NC(=O)[C@@H]1C[C@@]2(c3ccc(-c4ccccc4)cc3)CC/C=C/CCCC[C@@H](NC(=O)OC(C)(C)C)[S+]([O-])N1C2)C(=O)NS(=O)(=O)C1CC1. The van der Waals surface area contributed by atoms with Crippen LogP contribution >= 0.6 is 0 Å². The van der Waals surface area contributed by atoms with E-state index in [0.717, 1.165) is 36.0 Å². The zero-order valence-corrected chi connectivity index (χ0v) is 32.5. The van der Waals surface area contributed by atoms with Crippen molar-refractivity contribution in [3.05, 3.63) is 85.0 Å². The Morgan fingerprint density at radius 2 is 1.64 bits per heavy atom. The second kappa shape index (κ2) is 15.6. The molecule has 3 fully saturated rings. The zero-order valence-electron chi connectivity index (χ0n) is 30.8. The molecule has 0 radical (unpaired) electrons. The topological polar surface area (TPSA) is 157 Å². The first-order chi connectivity index (χ1) is 25.2. The Hall–Kier alpha value is -3.65. The number of hydrogen-bond acceptors (Lipinski definition) is 8. The molecule has 7 atom stereocenters. The van der Waals surface area contributed by atoms with Gasteiger partial charge in [0.15, 0.2) is 0 Å². The molecule has 0 aromatic heterocycles. The number of benzene rings is 2. The predicted molar refractivity (Wildman–Crippen MR) is 206 cm³/mol. The highest BCUT2D eigenvalue weighted by atomic mass is 32.2. The van der Waals surface area contributed by atoms with Gasteiger partial charge in [-0.1, -0.05) is 72.8 Å². The average molecular weight is 765 g/mol. The number of amides is 3. The summed E-state index contributed by atoms with van der Waals surface area (Å²) in [6.07, 6.45) is 10.8. The Balaban J connectivity index is 1.36. The maximum Gasteiger partial charge on any atom is 0.411 e. The van der Waals surface area contributed by atoms with E-state index < -0.39 is 78.4 Å². The van der Waals surface area contributed by atoms with Crippen LogP contribution in [0.1, 0.15) is 90.5 Å². The molecule has 1 saturated heterocycles. The van der Waals surface area contributed by atoms with Crippen molar-refractivity contribution in [2.24, 2.45) is 5.92 Å². The fourth-order valence-corrected chi connectivity index (χ4v) is 10.6. The summed E-state index contributed by atoms with van der Waals surface area (Å²) in [6.45, 7) is 9.36. The van der Waals surface area contributed by atoms with Crippen molar-refractivity contribution in [1.29, 1.82) is 0 Å². The van der Waals surface area contributed by atoms with Gasteiger partial charge in [0.25, 0.3) is 5.91 Å². The molecular weight excluding hydrogens is 713 g/mol. The number of ether oxygens (including phenoxy) is 1. The van der Waals surface area contributed by atoms with Gasteiger partial charge in [-0.05, 0) is 95.2 Å². The highest BCUT2D eigenvalue weighted by molar-refractivity contribution is 7.91. The van der Waals surface area contributed by atoms with E-state index in [4.69, 9.17) is 4.74 Å². The molecule has 2 unspecified atom stereocenters. The minimum atomic E-state index is -3.87. The van der Waals surface area contributed by atoms with E-state index in [1.165, 1.54) is 0 Å². The van der Waals surface area contributed by atoms with Crippen LogP contribution in [0.15, 0.2) is 79.4 Å². The number of sulfonamides is 1. The third-order valence-electron chi connectivity index (χ3n) is 10.7. The quantitative estimate of drug-likeness (QED) is 0.215. The van der Waals surface area contributed by atoms with Gasteiger partial charge in [-0.25, -0.2) is 13.2 Å². The first-order valence-electron chi connectivity index (χ1n) is 18.6. The monoisotopic (exact) mass is 764 g/mol. The molecule has 286 valence electrons. The van der Waals surface area contributed by atoms with Crippen molar-refractivity contribution in [3.63, 3.8) is 0 Å². The third kappa shape index (κ3) is 9.01. The van der Waals surface area contributed by atoms with Gasteiger partial charge in [-0.15, -0.1) is 10.9 Å². The molecule has 13 heteroatoms. The Bertz CT molecular complexity index is 1810. The fourth-order valence-electron chi connectivity index (χ4n) is 7.57. The number of fused-ring (bicyclic) bond motifs is 2. The Labute approximate surface area is 316 Å². The summed E-state index contributed by atoms with van der Waals surface area (Å²) in [5, 5.41) is 4.33. The average Bonchev–Trinajstić information content (AvgIpc) is 4.05. The number of nitrogens with zero attached hydrogens (tertiary/aromatic N) is 1. The van der Waals surface area contributed by atoms with Crippen LogP contribution in [0.3, 0.4) is 0 Å². The lowest BCUT2D eigenvalue weighted by Crippen LogP contribution is -2.58. The highest BCUT2D eigenvalue weighted by Crippen LogP contribution is 2.48. The van der Waals surface area contributed by atoms with Crippen LogP contribution in [-0.4, -0.2) is 69.5 Å². The highest BCUT2D eigenvalue weighted by Gasteiger charge is 2.63. The van der Waals surface area contributed by atoms with Gasteiger partial charge >= 0.3 is 6.09 Å². The molecule has 2 aliphatic heterocycles. The fraction of sp³-hybridized carbons (Fsp3) is 0.525. The summed E-state index contributed by atoms with van der Waals surface area (Å²) >= 11 is -1.89. The van der Waals surface area contributed by atoms with Crippen molar-refractivity contribution in [2.75, 3.05) is 6.54 Å². The van der Waals surface area contributed by atoms with E-state index in [0.29, 0.717) is 38.5 Å². The molecule has 2 heterocycles. The van der Waals surface area contributed by atoms with E-state index in [1.807, 2.05) is 30.3 Å². The standard InChI is InChI=1S/C40H52N4O7S2/c1-5-30-25-40(30,36(46)43-53(49,50)32-22-23-32)42-35(45)33-26-39(31-20-18-29(19-21-31)28-15-11-10-12-16-28)24-14-9-7-6-8-13-17-34(52(48)44(33)27-39)41-37(47)51-38(2,3)4/h5,7,9-12,15-16,18-21,30,32-34H,1,6,8,13-14,17,22-27H2,2-4H3,(H,41,47)(H,42,45)(H,43,46)/b9-7+/t30-,33+,34+,39+,40-,52?/m1/s1. The van der Waals surface area contributed by atoms with Gasteiger partial charge < -0.3 is 14.6 Å². The molecular formula is C40H52N4O7S2. The van der Waals surface area contributed by atoms with Gasteiger partial charge in [0.2, 0.25) is 21.3 Å². The maximum absolute atomic E-state index is 14.8. The van der Waals surface area contributed by atoms with Crippen molar-refractivity contribution in [1.82, 2.24) is 19.7 Å². The molecule has 0 spiro atoms. The summed E-state index contributed by atoms with van der Waals surface area (Å²) in [6, 6.07) is 17.4. The molecule has 2 aromatic rings. The lowest BCUT2D eigenvalue weighted by Gasteiger charge is -2.33. The minimum Gasteiger partial charge on any atom is -0.596 e. The molecule has 11 nitrogen and oxygen atoms in total. The largest absolute Gasteiger partial charge is 0.596 e. The number of hydrogen-bond donors (Lipinski definition) is 3. The predicted octanol–water partition coefficient (Wildman–Crippen LogP) is 5.76. The number of carbonyl (C=O) groups excluding carboxylic acids is 3. The van der Waals surface area contributed by atoms with Crippen molar-refractivity contribution < 1.29 is 32.1 Å². The first-order valence-corrected chi connectivity index (χ1v) is 21.4. The number of carbonyl (C=O) groups is 3. The van der Waals surface area contributed by atoms with Crippen LogP contribution in [0.4, 0.5) is 4.79 Å². The van der Waals surface area contributed by atoms with Crippen LogP contribution in [0.25, 0.3) is 11.1 Å². The first kappa shape index (κ1) is 39.1. The number of nitrogens with one attached hydrogen (secondary N) is 3. The molecule has 4 aliphatic rings. The van der Waals surface area contributed by atoms with Crippen LogP contribution in [0, 0.1) is 5.92 Å². The Morgan fingerprint density at radius 1 is 0.962 bits per heavy atom. The van der Waals surface area contributed by atoms with Crippen LogP contribution in [-0.2, 0) is 41.1 Å². The molecule has 6 rings (SSSR count). The summed E-state index contributed by atoms with van der Waals surface area (Å²) in [7, 11) is -3.87. The Kier molecular flexibility index (Phi) is 11.5. The van der Waals surface area contributed by atoms with Gasteiger partial charge in [-0.2, -0.15) is 0 Å². The van der Waals surface area contributed by atoms with E-state index in [9.17, 15) is 27.4 Å². The van der Waals surface area contributed by atoms with E-state index in [-0.39, 0.29) is 13.0 Å². The van der Waals surface area contributed by atoms with Gasteiger partial charge in [0, 0.05) is 17.8 Å². The van der Waals surface area contributed by atoms with Crippen LogP contribution in [0.2, 0.25) is 0 Å². The lowest BCUT2D eigenvalue weighted by molar-refractivity contribution is -0.131. The van der Waals surface area contributed by atoms with Gasteiger partial charge in [0.05, 0.1) is 23.2 Å². The second-order valence-electron chi connectivity index (χ2n) is 15.9. The Morgan fingerprint density at radius 3 is 2.28 bits per heavy atom. The molecule has 2 aliphatic carbocycles.